The lowest BCUT2D eigenvalue weighted by Gasteiger charge is -2.14. The highest BCUT2D eigenvalue weighted by Gasteiger charge is 2.07. The average Bonchev–Trinajstić information content (AvgIpc) is 2.45. The van der Waals surface area contributed by atoms with Crippen molar-refractivity contribution in [2.75, 3.05) is 17.7 Å². The van der Waals surface area contributed by atoms with Crippen LogP contribution in [0.1, 0.15) is 11.1 Å². The summed E-state index contributed by atoms with van der Waals surface area (Å²) in [6.45, 7) is 4.01. The van der Waals surface area contributed by atoms with Gasteiger partial charge >= 0.3 is 0 Å². The van der Waals surface area contributed by atoms with Crippen LogP contribution in [0.15, 0.2) is 24.5 Å². The van der Waals surface area contributed by atoms with Crippen LogP contribution in [0.25, 0.3) is 0 Å². The molecule has 0 saturated heterocycles. The van der Waals surface area contributed by atoms with Gasteiger partial charge in [-0.25, -0.2) is 9.97 Å². The van der Waals surface area contributed by atoms with E-state index < -0.39 is 0 Å². The Labute approximate surface area is 117 Å². The molecule has 0 aliphatic carbocycles. The highest BCUT2D eigenvalue weighted by molar-refractivity contribution is 5.65. The van der Waals surface area contributed by atoms with Crippen molar-refractivity contribution in [3.8, 4) is 11.9 Å². The molecule has 0 radical (unpaired) electrons. The maximum atomic E-state index is 8.58. The lowest BCUT2D eigenvalue weighted by Crippen LogP contribution is -2.00. The summed E-state index contributed by atoms with van der Waals surface area (Å²) in [5.74, 6) is 1.92. The fraction of sp³-hybridized carbons (Fsp3) is 0.214. The second-order valence-corrected chi connectivity index (χ2v) is 4.22. The molecule has 0 amide bonds. The minimum absolute atomic E-state index is 0.452. The van der Waals surface area contributed by atoms with Crippen LogP contribution in [-0.2, 0) is 0 Å². The molecule has 0 saturated carbocycles. The molecule has 1 heterocycles. The van der Waals surface area contributed by atoms with Gasteiger partial charge in [-0.3, -0.25) is 5.32 Å². The van der Waals surface area contributed by atoms with E-state index in [1.54, 1.807) is 13.2 Å². The number of hydrogen-bond donors (Lipinski definition) is 2. The van der Waals surface area contributed by atoms with Crippen molar-refractivity contribution in [3.63, 3.8) is 0 Å². The fourth-order valence-electron chi connectivity index (χ4n) is 1.84. The van der Waals surface area contributed by atoms with E-state index >= 15 is 0 Å². The van der Waals surface area contributed by atoms with Crippen molar-refractivity contribution in [1.29, 1.82) is 5.26 Å². The number of hydrogen-bond acceptors (Lipinski definition) is 6. The van der Waals surface area contributed by atoms with Gasteiger partial charge in [0.25, 0.3) is 0 Å². The minimum atomic E-state index is 0.452. The first kappa shape index (κ1) is 13.6. The molecule has 0 spiro atoms. The number of nitriles is 1. The van der Waals surface area contributed by atoms with Gasteiger partial charge in [-0.15, -0.1) is 0 Å². The van der Waals surface area contributed by atoms with Gasteiger partial charge in [0.15, 0.2) is 6.19 Å². The van der Waals surface area contributed by atoms with Gasteiger partial charge in [0.1, 0.15) is 23.7 Å². The number of ether oxygens (including phenoxy) is 1. The van der Waals surface area contributed by atoms with Crippen LogP contribution in [0.5, 0.6) is 5.75 Å². The third-order valence-corrected chi connectivity index (χ3v) is 3.07. The number of nitrogens with one attached hydrogen (secondary N) is 2. The lowest BCUT2D eigenvalue weighted by atomic mass is 10.1. The SMILES string of the molecule is COc1ccc(Nc2cc(NC#N)ncn2)c(C)c1C. The molecule has 0 fully saturated rings. The molecular formula is C14H15N5O. The maximum absolute atomic E-state index is 8.58. The van der Waals surface area contributed by atoms with Gasteiger partial charge < -0.3 is 10.1 Å². The fourth-order valence-corrected chi connectivity index (χ4v) is 1.84. The average molecular weight is 269 g/mol. The van der Waals surface area contributed by atoms with Crippen LogP contribution in [0.3, 0.4) is 0 Å². The minimum Gasteiger partial charge on any atom is -0.496 e. The number of aromatic nitrogens is 2. The summed E-state index contributed by atoms with van der Waals surface area (Å²) in [5.41, 5.74) is 3.09. The monoisotopic (exact) mass is 269 g/mol. The summed E-state index contributed by atoms with van der Waals surface area (Å²) in [6.07, 6.45) is 3.22. The highest BCUT2D eigenvalue weighted by atomic mass is 16.5. The quantitative estimate of drug-likeness (QED) is 0.656. The first-order valence-electron chi connectivity index (χ1n) is 6.04. The number of nitrogens with zero attached hydrogens (tertiary/aromatic N) is 3. The zero-order valence-corrected chi connectivity index (χ0v) is 11.6. The van der Waals surface area contributed by atoms with Crippen LogP contribution in [0.2, 0.25) is 0 Å². The summed E-state index contributed by atoms with van der Waals surface area (Å²) >= 11 is 0. The molecular weight excluding hydrogens is 254 g/mol. The molecule has 1 aromatic carbocycles. The molecule has 6 nitrogen and oxygen atoms in total. The van der Waals surface area contributed by atoms with Gasteiger partial charge in [-0.05, 0) is 37.1 Å². The van der Waals surface area contributed by atoms with E-state index in [1.807, 2.05) is 32.2 Å². The Balaban J connectivity index is 2.29. The van der Waals surface area contributed by atoms with E-state index in [1.165, 1.54) is 6.33 Å². The van der Waals surface area contributed by atoms with E-state index in [0.717, 1.165) is 22.6 Å². The Morgan fingerprint density at radius 2 is 1.90 bits per heavy atom. The van der Waals surface area contributed by atoms with Gasteiger partial charge in [0, 0.05) is 11.8 Å². The Hall–Kier alpha value is -2.81. The molecule has 102 valence electrons. The molecule has 2 rings (SSSR count). The second-order valence-electron chi connectivity index (χ2n) is 4.22. The van der Waals surface area contributed by atoms with Crippen molar-refractivity contribution >= 4 is 17.3 Å². The Morgan fingerprint density at radius 1 is 1.15 bits per heavy atom. The first-order chi connectivity index (χ1) is 9.65. The Morgan fingerprint density at radius 3 is 2.60 bits per heavy atom. The summed E-state index contributed by atoms with van der Waals surface area (Å²) < 4.78 is 5.28. The zero-order chi connectivity index (χ0) is 14.5. The van der Waals surface area contributed by atoms with Crippen LogP contribution < -0.4 is 15.4 Å². The standard InChI is InChI=1S/C14H15N5O/c1-9-10(2)12(20-3)5-4-11(9)19-14-6-13(16-7-15)17-8-18-14/h4-6,8H,1-3H3,(H2,16,17,18,19). The largest absolute Gasteiger partial charge is 0.496 e. The van der Waals surface area contributed by atoms with E-state index in [-0.39, 0.29) is 0 Å². The van der Waals surface area contributed by atoms with Gasteiger partial charge in [0.2, 0.25) is 0 Å². The maximum Gasteiger partial charge on any atom is 0.182 e. The molecule has 0 atom stereocenters. The number of methoxy groups -OCH3 is 1. The number of benzene rings is 1. The van der Waals surface area contributed by atoms with Crippen molar-refractivity contribution < 1.29 is 4.74 Å². The Bertz CT molecular complexity index is 663. The van der Waals surface area contributed by atoms with Crippen LogP contribution in [0.4, 0.5) is 17.3 Å². The molecule has 1 aromatic heterocycles. The van der Waals surface area contributed by atoms with Crippen LogP contribution in [-0.4, -0.2) is 17.1 Å². The third kappa shape index (κ3) is 2.78. The van der Waals surface area contributed by atoms with E-state index in [2.05, 4.69) is 20.6 Å². The molecule has 2 N–H and O–H groups in total. The molecule has 0 unspecified atom stereocenters. The number of rotatable bonds is 4. The molecule has 0 bridgehead atoms. The third-order valence-electron chi connectivity index (χ3n) is 3.07. The number of anilines is 3. The van der Waals surface area contributed by atoms with Crippen LogP contribution in [0, 0.1) is 25.3 Å². The molecule has 0 aliphatic heterocycles. The van der Waals surface area contributed by atoms with Gasteiger partial charge in [0.05, 0.1) is 7.11 Å². The zero-order valence-electron chi connectivity index (χ0n) is 11.6. The van der Waals surface area contributed by atoms with Crippen molar-refractivity contribution in [2.24, 2.45) is 0 Å². The van der Waals surface area contributed by atoms with E-state index in [9.17, 15) is 0 Å². The predicted octanol–water partition coefficient (Wildman–Crippen LogP) is 2.74. The normalized spacial score (nSPS) is 9.70. The predicted molar refractivity (Wildman–Crippen MR) is 77.0 cm³/mol. The van der Waals surface area contributed by atoms with Gasteiger partial charge in [-0.1, -0.05) is 0 Å². The van der Waals surface area contributed by atoms with Crippen LogP contribution >= 0.6 is 0 Å². The Kier molecular flexibility index (Phi) is 4.01. The molecule has 20 heavy (non-hydrogen) atoms. The topological polar surface area (TPSA) is 82.9 Å². The summed E-state index contributed by atoms with van der Waals surface area (Å²) in [4.78, 5) is 8.06. The second kappa shape index (κ2) is 5.89. The molecule has 2 aromatic rings. The molecule has 6 heteroatoms. The summed E-state index contributed by atoms with van der Waals surface area (Å²) in [5, 5.41) is 14.3. The highest BCUT2D eigenvalue weighted by Crippen LogP contribution is 2.29. The van der Waals surface area contributed by atoms with E-state index in [4.69, 9.17) is 10.00 Å². The van der Waals surface area contributed by atoms with E-state index in [0.29, 0.717) is 11.6 Å². The van der Waals surface area contributed by atoms with Gasteiger partial charge in [-0.2, -0.15) is 5.26 Å². The summed E-state index contributed by atoms with van der Waals surface area (Å²) in [7, 11) is 1.65. The lowest BCUT2D eigenvalue weighted by molar-refractivity contribution is 0.411. The van der Waals surface area contributed by atoms with Crippen molar-refractivity contribution in [3.05, 3.63) is 35.7 Å². The smallest absolute Gasteiger partial charge is 0.182 e. The first-order valence-corrected chi connectivity index (χ1v) is 6.04. The van der Waals surface area contributed by atoms with Crippen molar-refractivity contribution in [1.82, 2.24) is 9.97 Å². The molecule has 0 aliphatic rings. The summed E-state index contributed by atoms with van der Waals surface area (Å²) in [6, 6.07) is 5.50. The van der Waals surface area contributed by atoms with Crippen molar-refractivity contribution in [2.45, 2.75) is 13.8 Å².